The van der Waals surface area contributed by atoms with E-state index in [1.165, 1.54) is 17.4 Å². The molecular weight excluding hydrogens is 366 g/mol. The number of hydrogen-bond acceptors (Lipinski definition) is 7. The number of amides is 1. The maximum absolute atomic E-state index is 12.8. The molecule has 9 heteroatoms. The molecule has 0 bridgehead atoms. The van der Waals surface area contributed by atoms with Crippen LogP contribution in [0, 0.1) is 19.8 Å². The summed E-state index contributed by atoms with van der Waals surface area (Å²) in [6, 6.07) is 1.08. The monoisotopic (exact) mass is 391 g/mol. The molecule has 1 fully saturated rings. The molecule has 2 aromatic rings. The van der Waals surface area contributed by atoms with Crippen molar-refractivity contribution in [3.63, 3.8) is 0 Å². The zero-order valence-electron chi connectivity index (χ0n) is 16.0. The summed E-state index contributed by atoms with van der Waals surface area (Å²) in [6.07, 6.45) is 0. The molecule has 146 valence electrons. The third-order valence-electron chi connectivity index (χ3n) is 4.44. The fourth-order valence-corrected chi connectivity index (χ4v) is 3.90. The number of nitrogens with one attached hydrogen (secondary N) is 2. The van der Waals surface area contributed by atoms with Crippen LogP contribution in [0.2, 0.25) is 0 Å². The number of anilines is 1. The number of thiazole rings is 1. The summed E-state index contributed by atoms with van der Waals surface area (Å²) in [5, 5.41) is 3.88. The molecular formula is C18H25N5O3S. The lowest BCUT2D eigenvalue weighted by molar-refractivity contribution is 0.0927. The van der Waals surface area contributed by atoms with Crippen molar-refractivity contribution in [1.29, 1.82) is 0 Å². The lowest BCUT2D eigenvalue weighted by Gasteiger charge is -2.28. The maximum atomic E-state index is 12.8. The first kappa shape index (κ1) is 19.5. The van der Waals surface area contributed by atoms with E-state index >= 15 is 0 Å². The Hall–Kier alpha value is -2.26. The van der Waals surface area contributed by atoms with E-state index in [4.69, 9.17) is 4.74 Å². The fraction of sp³-hybridized carbons (Fsp3) is 0.556. The zero-order chi connectivity index (χ0) is 19.6. The van der Waals surface area contributed by atoms with Crippen molar-refractivity contribution in [2.75, 3.05) is 31.2 Å². The summed E-state index contributed by atoms with van der Waals surface area (Å²) in [5.74, 6) is 0.396. The highest BCUT2D eigenvalue weighted by Crippen LogP contribution is 2.23. The molecule has 3 rings (SSSR count). The number of ether oxygens (including phenoxy) is 1. The van der Waals surface area contributed by atoms with Gasteiger partial charge in [0.1, 0.15) is 4.88 Å². The van der Waals surface area contributed by atoms with Gasteiger partial charge in [0.25, 0.3) is 11.5 Å². The average molecular weight is 391 g/mol. The Morgan fingerprint density at radius 1 is 1.30 bits per heavy atom. The van der Waals surface area contributed by atoms with Gasteiger partial charge in [0, 0.05) is 19.2 Å². The van der Waals surface area contributed by atoms with E-state index in [1.807, 2.05) is 32.6 Å². The maximum Gasteiger partial charge on any atom is 0.263 e. The third kappa shape index (κ3) is 4.54. The molecule has 1 saturated heterocycles. The summed E-state index contributed by atoms with van der Waals surface area (Å²) in [5.41, 5.74) is 1.04. The molecule has 0 spiro atoms. The van der Waals surface area contributed by atoms with Crippen LogP contribution >= 0.6 is 11.3 Å². The molecule has 0 aliphatic carbocycles. The summed E-state index contributed by atoms with van der Waals surface area (Å²) >= 11 is 1.37. The smallest absolute Gasteiger partial charge is 0.263 e. The van der Waals surface area contributed by atoms with Crippen molar-refractivity contribution in [1.82, 2.24) is 20.3 Å². The van der Waals surface area contributed by atoms with Gasteiger partial charge in [-0.15, -0.1) is 11.3 Å². The number of carbonyl (C=O) groups excluding carboxylic acids is 1. The van der Waals surface area contributed by atoms with Crippen molar-refractivity contribution in [3.05, 3.63) is 37.7 Å². The number of hydrogen-bond donors (Lipinski definition) is 2. The van der Waals surface area contributed by atoms with Crippen molar-refractivity contribution in [2.45, 2.75) is 33.7 Å². The van der Waals surface area contributed by atoms with E-state index < -0.39 is 0 Å². The predicted octanol–water partition coefficient (Wildman–Crippen LogP) is 1.81. The van der Waals surface area contributed by atoms with Gasteiger partial charge < -0.3 is 15.0 Å². The fourth-order valence-electron chi connectivity index (χ4n) is 3.08. The van der Waals surface area contributed by atoms with Crippen molar-refractivity contribution in [2.24, 2.45) is 5.92 Å². The quantitative estimate of drug-likeness (QED) is 0.806. The van der Waals surface area contributed by atoms with Gasteiger partial charge in [-0.1, -0.05) is 13.8 Å². The molecule has 0 saturated carbocycles. The highest BCUT2D eigenvalue weighted by atomic mass is 32.1. The van der Waals surface area contributed by atoms with Crippen molar-refractivity contribution >= 4 is 23.2 Å². The molecule has 0 aromatic carbocycles. The Morgan fingerprint density at radius 3 is 2.59 bits per heavy atom. The molecule has 2 N–H and O–H groups in total. The van der Waals surface area contributed by atoms with Gasteiger partial charge in [0.15, 0.2) is 0 Å². The molecule has 1 amide bonds. The Balaban J connectivity index is 1.88. The van der Waals surface area contributed by atoms with Gasteiger partial charge in [-0.2, -0.15) is 0 Å². The molecule has 0 unspecified atom stereocenters. The highest BCUT2D eigenvalue weighted by molar-refractivity contribution is 7.13. The van der Waals surface area contributed by atoms with E-state index in [2.05, 4.69) is 20.3 Å². The van der Waals surface area contributed by atoms with E-state index in [1.54, 1.807) is 0 Å². The highest BCUT2D eigenvalue weighted by Gasteiger charge is 2.25. The third-order valence-corrected chi connectivity index (χ3v) is 5.51. The first-order valence-electron chi connectivity index (χ1n) is 9.04. The largest absolute Gasteiger partial charge is 0.378 e. The van der Waals surface area contributed by atoms with Gasteiger partial charge in [0.2, 0.25) is 5.95 Å². The summed E-state index contributed by atoms with van der Waals surface area (Å²) in [4.78, 5) is 39.3. The molecule has 1 aliphatic rings. The van der Waals surface area contributed by atoms with Crippen LogP contribution in [0.3, 0.4) is 0 Å². The average Bonchev–Trinajstić information content (AvgIpc) is 2.97. The van der Waals surface area contributed by atoms with Crippen LogP contribution in [0.15, 0.2) is 10.9 Å². The van der Waals surface area contributed by atoms with Crippen LogP contribution in [0.5, 0.6) is 0 Å². The summed E-state index contributed by atoms with van der Waals surface area (Å²) in [7, 11) is 0. The number of H-pyrrole nitrogens is 1. The first-order valence-corrected chi connectivity index (χ1v) is 9.85. The Bertz CT molecular complexity index is 870. The molecule has 3 heterocycles. The van der Waals surface area contributed by atoms with E-state index in [0.29, 0.717) is 48.5 Å². The summed E-state index contributed by atoms with van der Waals surface area (Å²) in [6.45, 7) is 10.2. The number of aryl methyl sites for hydroxylation is 2. The Kier molecular flexibility index (Phi) is 5.91. The number of rotatable bonds is 5. The molecule has 8 nitrogen and oxygen atoms in total. The normalized spacial score (nSPS) is 15.8. The van der Waals surface area contributed by atoms with Crippen LogP contribution in [-0.4, -0.2) is 47.2 Å². The lowest BCUT2D eigenvalue weighted by Crippen LogP contribution is -2.39. The topological polar surface area (TPSA) is 100 Å². The Morgan fingerprint density at radius 2 is 2.00 bits per heavy atom. The number of aromatic amines is 1. The van der Waals surface area contributed by atoms with Crippen LogP contribution < -0.4 is 15.8 Å². The van der Waals surface area contributed by atoms with Crippen LogP contribution in [0.4, 0.5) is 5.95 Å². The zero-order valence-corrected chi connectivity index (χ0v) is 16.9. The van der Waals surface area contributed by atoms with Crippen molar-refractivity contribution in [3.8, 4) is 0 Å². The minimum absolute atomic E-state index is 0.0649. The standard InChI is InChI=1S/C18H25N5O3S/c1-10(2)15(22-17(25)16-11(3)19-12(4)27-16)13-9-14(24)21-18(20-13)23-5-7-26-8-6-23/h9-10,15H,5-8H2,1-4H3,(H,22,25)(H,20,21,24)/t15-/m0/s1. The molecule has 1 atom stereocenters. The van der Waals surface area contributed by atoms with Crippen LogP contribution in [-0.2, 0) is 4.74 Å². The van der Waals surface area contributed by atoms with Gasteiger partial charge in [0.05, 0.1) is 35.7 Å². The number of carbonyl (C=O) groups is 1. The van der Waals surface area contributed by atoms with Crippen LogP contribution in [0.25, 0.3) is 0 Å². The van der Waals surface area contributed by atoms with E-state index in [-0.39, 0.29) is 23.4 Å². The second kappa shape index (κ2) is 8.18. The summed E-state index contributed by atoms with van der Waals surface area (Å²) < 4.78 is 5.36. The SMILES string of the molecule is Cc1nc(C)c(C(=O)N[C@H](c2cc(=O)[nH]c(N3CCOCC3)n2)C(C)C)s1. The number of morpholine rings is 1. The minimum Gasteiger partial charge on any atom is -0.378 e. The van der Waals surface area contributed by atoms with Gasteiger partial charge in [-0.05, 0) is 19.8 Å². The minimum atomic E-state index is -0.374. The van der Waals surface area contributed by atoms with Crippen molar-refractivity contribution < 1.29 is 9.53 Å². The molecule has 2 aromatic heterocycles. The lowest BCUT2D eigenvalue weighted by atomic mass is 10.0. The molecule has 1 aliphatic heterocycles. The molecule has 0 radical (unpaired) electrons. The van der Waals surface area contributed by atoms with Gasteiger partial charge in [-0.3, -0.25) is 14.6 Å². The Labute approximate surface area is 162 Å². The first-order chi connectivity index (χ1) is 12.8. The van der Waals surface area contributed by atoms with Gasteiger partial charge >= 0.3 is 0 Å². The second-order valence-electron chi connectivity index (χ2n) is 6.94. The van der Waals surface area contributed by atoms with E-state index in [0.717, 1.165) is 5.01 Å². The predicted molar refractivity (Wildman–Crippen MR) is 105 cm³/mol. The second-order valence-corrected chi connectivity index (χ2v) is 8.14. The number of aromatic nitrogens is 3. The molecule has 27 heavy (non-hydrogen) atoms. The van der Waals surface area contributed by atoms with Crippen LogP contribution in [0.1, 0.15) is 46.0 Å². The van der Waals surface area contributed by atoms with Gasteiger partial charge in [-0.25, -0.2) is 9.97 Å². The van der Waals surface area contributed by atoms with E-state index in [9.17, 15) is 9.59 Å². The number of nitrogens with zero attached hydrogens (tertiary/aromatic N) is 3.